The third-order valence-corrected chi connectivity index (χ3v) is 3.25. The van der Waals surface area contributed by atoms with Gasteiger partial charge in [0, 0.05) is 11.9 Å². The summed E-state index contributed by atoms with van der Waals surface area (Å²) in [6.07, 6.45) is 3.27. The summed E-state index contributed by atoms with van der Waals surface area (Å²) in [6.45, 7) is 7.43. The highest BCUT2D eigenvalue weighted by Gasteiger charge is 2.07. The standard InChI is InChI=1S/C16H22N2/c1-4-8-14-11-13-10-7-9-12(5-2)15(13)18-16(14)17-6-3/h7,9-11H,4-6,8H2,1-3H3,(H,17,18). The van der Waals surface area contributed by atoms with Gasteiger partial charge in [-0.25, -0.2) is 4.98 Å². The van der Waals surface area contributed by atoms with E-state index in [1.54, 1.807) is 0 Å². The summed E-state index contributed by atoms with van der Waals surface area (Å²) in [5.41, 5.74) is 3.81. The maximum atomic E-state index is 4.84. The van der Waals surface area contributed by atoms with Gasteiger partial charge in [-0.15, -0.1) is 0 Å². The Labute approximate surface area is 109 Å². The van der Waals surface area contributed by atoms with Gasteiger partial charge in [-0.3, -0.25) is 0 Å². The minimum absolute atomic E-state index is 0.920. The zero-order valence-corrected chi connectivity index (χ0v) is 11.6. The Hall–Kier alpha value is -1.57. The summed E-state index contributed by atoms with van der Waals surface area (Å²) in [7, 11) is 0. The molecule has 1 N–H and O–H groups in total. The second-order valence-corrected chi connectivity index (χ2v) is 4.62. The predicted molar refractivity (Wildman–Crippen MR) is 79.3 cm³/mol. The smallest absolute Gasteiger partial charge is 0.129 e. The first-order valence-electron chi connectivity index (χ1n) is 6.95. The maximum absolute atomic E-state index is 4.84. The van der Waals surface area contributed by atoms with E-state index in [9.17, 15) is 0 Å². The van der Waals surface area contributed by atoms with E-state index in [1.165, 1.54) is 16.5 Å². The van der Waals surface area contributed by atoms with E-state index >= 15 is 0 Å². The van der Waals surface area contributed by atoms with Crippen molar-refractivity contribution in [2.24, 2.45) is 0 Å². The third kappa shape index (κ3) is 2.47. The fourth-order valence-corrected chi connectivity index (χ4v) is 2.37. The molecule has 2 nitrogen and oxygen atoms in total. The van der Waals surface area contributed by atoms with Crippen molar-refractivity contribution in [1.82, 2.24) is 4.98 Å². The Morgan fingerprint density at radius 3 is 2.61 bits per heavy atom. The van der Waals surface area contributed by atoms with Gasteiger partial charge in [0.15, 0.2) is 0 Å². The van der Waals surface area contributed by atoms with E-state index in [1.807, 2.05) is 0 Å². The maximum Gasteiger partial charge on any atom is 0.129 e. The minimum Gasteiger partial charge on any atom is -0.370 e. The van der Waals surface area contributed by atoms with Crippen LogP contribution in [0.3, 0.4) is 0 Å². The second-order valence-electron chi connectivity index (χ2n) is 4.62. The van der Waals surface area contributed by atoms with Crippen molar-refractivity contribution in [2.45, 2.75) is 40.0 Å². The van der Waals surface area contributed by atoms with E-state index < -0.39 is 0 Å². The van der Waals surface area contributed by atoms with Gasteiger partial charge in [-0.05, 0) is 37.0 Å². The molecular formula is C16H22N2. The van der Waals surface area contributed by atoms with E-state index in [0.29, 0.717) is 0 Å². The minimum atomic E-state index is 0.920. The normalized spacial score (nSPS) is 10.8. The summed E-state index contributed by atoms with van der Waals surface area (Å²) >= 11 is 0. The molecule has 0 amide bonds. The van der Waals surface area contributed by atoms with E-state index in [-0.39, 0.29) is 0 Å². The number of para-hydroxylation sites is 1. The highest BCUT2D eigenvalue weighted by atomic mass is 15.0. The van der Waals surface area contributed by atoms with Crippen molar-refractivity contribution in [2.75, 3.05) is 11.9 Å². The van der Waals surface area contributed by atoms with Crippen LogP contribution in [0, 0.1) is 0 Å². The van der Waals surface area contributed by atoms with Crippen LogP contribution in [0.1, 0.15) is 38.3 Å². The summed E-state index contributed by atoms with van der Waals surface area (Å²) in [5, 5.41) is 4.66. The van der Waals surface area contributed by atoms with Gasteiger partial charge in [0.1, 0.15) is 5.82 Å². The summed E-state index contributed by atoms with van der Waals surface area (Å²) < 4.78 is 0. The Bertz CT molecular complexity index is 532. The van der Waals surface area contributed by atoms with Crippen molar-refractivity contribution in [3.05, 3.63) is 35.4 Å². The highest BCUT2D eigenvalue weighted by molar-refractivity contribution is 5.84. The fraction of sp³-hybridized carbons (Fsp3) is 0.438. The van der Waals surface area contributed by atoms with Gasteiger partial charge < -0.3 is 5.32 Å². The van der Waals surface area contributed by atoms with Crippen molar-refractivity contribution in [3.63, 3.8) is 0 Å². The number of anilines is 1. The molecule has 2 heteroatoms. The van der Waals surface area contributed by atoms with Crippen LogP contribution in [-0.2, 0) is 12.8 Å². The zero-order chi connectivity index (χ0) is 13.0. The molecule has 0 atom stereocenters. The first kappa shape index (κ1) is 12.9. The van der Waals surface area contributed by atoms with Crippen LogP contribution in [-0.4, -0.2) is 11.5 Å². The van der Waals surface area contributed by atoms with E-state index in [4.69, 9.17) is 4.98 Å². The van der Waals surface area contributed by atoms with Crippen molar-refractivity contribution in [1.29, 1.82) is 0 Å². The molecule has 1 aromatic carbocycles. The average molecular weight is 242 g/mol. The highest BCUT2D eigenvalue weighted by Crippen LogP contribution is 2.24. The summed E-state index contributed by atoms with van der Waals surface area (Å²) in [6, 6.07) is 8.76. The number of nitrogens with one attached hydrogen (secondary N) is 1. The molecular weight excluding hydrogens is 220 g/mol. The van der Waals surface area contributed by atoms with Crippen LogP contribution in [0.5, 0.6) is 0 Å². The molecule has 0 saturated carbocycles. The van der Waals surface area contributed by atoms with Gasteiger partial charge in [0.25, 0.3) is 0 Å². The van der Waals surface area contributed by atoms with Crippen LogP contribution >= 0.6 is 0 Å². The van der Waals surface area contributed by atoms with Gasteiger partial charge >= 0.3 is 0 Å². The number of benzene rings is 1. The molecule has 0 aliphatic carbocycles. The Kier molecular flexibility index (Phi) is 4.19. The SMILES string of the molecule is CCCc1cc2cccc(CC)c2nc1NCC. The molecule has 0 aliphatic rings. The third-order valence-electron chi connectivity index (χ3n) is 3.25. The molecule has 1 aromatic heterocycles. The molecule has 0 fully saturated rings. The number of aromatic nitrogens is 1. The Morgan fingerprint density at radius 1 is 1.11 bits per heavy atom. The van der Waals surface area contributed by atoms with Crippen LogP contribution in [0.2, 0.25) is 0 Å². The first-order chi connectivity index (χ1) is 8.80. The molecule has 0 unspecified atom stereocenters. The fourth-order valence-electron chi connectivity index (χ4n) is 2.37. The first-order valence-corrected chi connectivity index (χ1v) is 6.95. The molecule has 18 heavy (non-hydrogen) atoms. The molecule has 96 valence electrons. The Balaban J connectivity index is 2.60. The van der Waals surface area contributed by atoms with Crippen LogP contribution in [0.4, 0.5) is 5.82 Å². The van der Waals surface area contributed by atoms with Gasteiger partial charge in [-0.1, -0.05) is 38.5 Å². The molecule has 0 spiro atoms. The van der Waals surface area contributed by atoms with Crippen molar-refractivity contribution in [3.8, 4) is 0 Å². The summed E-state index contributed by atoms with van der Waals surface area (Å²) in [5.74, 6) is 1.06. The topological polar surface area (TPSA) is 24.9 Å². The predicted octanol–water partition coefficient (Wildman–Crippen LogP) is 4.18. The number of aryl methyl sites for hydroxylation is 2. The quantitative estimate of drug-likeness (QED) is 0.850. The number of fused-ring (bicyclic) bond motifs is 1. The molecule has 1 heterocycles. The molecule has 0 radical (unpaired) electrons. The number of hydrogen-bond donors (Lipinski definition) is 1. The molecule has 0 bridgehead atoms. The van der Waals surface area contributed by atoms with Gasteiger partial charge in [0.05, 0.1) is 5.52 Å². The number of nitrogens with zero attached hydrogens (tertiary/aromatic N) is 1. The van der Waals surface area contributed by atoms with Gasteiger partial charge in [0.2, 0.25) is 0 Å². The second kappa shape index (κ2) is 5.85. The van der Waals surface area contributed by atoms with Crippen LogP contribution in [0.25, 0.3) is 10.9 Å². The molecule has 2 rings (SSSR count). The largest absolute Gasteiger partial charge is 0.370 e. The van der Waals surface area contributed by atoms with Crippen LogP contribution in [0.15, 0.2) is 24.3 Å². The lowest BCUT2D eigenvalue weighted by Gasteiger charge is -2.12. The van der Waals surface area contributed by atoms with Crippen molar-refractivity contribution >= 4 is 16.7 Å². The van der Waals surface area contributed by atoms with Gasteiger partial charge in [-0.2, -0.15) is 0 Å². The molecule has 0 saturated heterocycles. The van der Waals surface area contributed by atoms with E-state index in [0.717, 1.165) is 37.1 Å². The van der Waals surface area contributed by atoms with Crippen molar-refractivity contribution < 1.29 is 0 Å². The zero-order valence-electron chi connectivity index (χ0n) is 11.6. The van der Waals surface area contributed by atoms with Crippen LogP contribution < -0.4 is 5.32 Å². The lowest BCUT2D eigenvalue weighted by atomic mass is 10.0. The number of rotatable bonds is 5. The monoisotopic (exact) mass is 242 g/mol. The Morgan fingerprint density at radius 2 is 1.94 bits per heavy atom. The summed E-state index contributed by atoms with van der Waals surface area (Å²) in [4.78, 5) is 4.84. The molecule has 2 aromatic rings. The molecule has 0 aliphatic heterocycles. The number of hydrogen-bond acceptors (Lipinski definition) is 2. The lowest BCUT2D eigenvalue weighted by molar-refractivity contribution is 0.915. The lowest BCUT2D eigenvalue weighted by Crippen LogP contribution is -2.04. The average Bonchev–Trinajstić information content (AvgIpc) is 2.39. The number of pyridine rings is 1. The van der Waals surface area contributed by atoms with E-state index in [2.05, 4.69) is 50.4 Å².